The van der Waals surface area contributed by atoms with Gasteiger partial charge in [0.1, 0.15) is 5.69 Å². The Morgan fingerprint density at radius 2 is 2.12 bits per heavy atom. The summed E-state index contributed by atoms with van der Waals surface area (Å²) in [6, 6.07) is 0. The number of aromatic carboxylic acids is 1. The molecule has 1 aromatic rings. The number of rotatable bonds is 4. The number of carboxylic acid groups (broad SMARTS) is 1. The fourth-order valence-electron chi connectivity index (χ4n) is 0.989. The van der Waals surface area contributed by atoms with E-state index in [0.29, 0.717) is 5.56 Å². The van der Waals surface area contributed by atoms with Crippen LogP contribution in [0.15, 0.2) is 0 Å². The maximum Gasteiger partial charge on any atom is 0.354 e. The second kappa shape index (κ2) is 4.65. The molecule has 0 saturated heterocycles. The third-order valence-electron chi connectivity index (χ3n) is 2.01. The fraction of sp³-hybridized carbons (Fsp3) is 0.444. The molecular weight excluding hydrogens is 214 g/mol. The summed E-state index contributed by atoms with van der Waals surface area (Å²) in [6.45, 7) is 1.39. The van der Waals surface area contributed by atoms with Gasteiger partial charge in [0.15, 0.2) is 6.61 Å². The van der Waals surface area contributed by atoms with Crippen LogP contribution in [0.2, 0.25) is 0 Å². The van der Waals surface area contributed by atoms with E-state index in [9.17, 15) is 9.59 Å². The van der Waals surface area contributed by atoms with Crippen molar-refractivity contribution in [1.82, 2.24) is 15.1 Å². The van der Waals surface area contributed by atoms with E-state index in [2.05, 4.69) is 10.2 Å². The van der Waals surface area contributed by atoms with E-state index in [4.69, 9.17) is 9.84 Å². The van der Waals surface area contributed by atoms with Crippen LogP contribution in [-0.2, 0) is 4.79 Å². The average molecular weight is 227 g/mol. The average Bonchev–Trinajstić information content (AvgIpc) is 2.56. The molecule has 0 aliphatic carbocycles. The van der Waals surface area contributed by atoms with E-state index in [0.717, 1.165) is 0 Å². The minimum atomic E-state index is -1.11. The van der Waals surface area contributed by atoms with Gasteiger partial charge in [-0.3, -0.25) is 9.89 Å². The lowest BCUT2D eigenvalue weighted by Gasteiger charge is -2.10. The molecule has 0 radical (unpaired) electrons. The first kappa shape index (κ1) is 12.0. The molecule has 0 spiro atoms. The number of carbonyl (C=O) groups is 2. The normalized spacial score (nSPS) is 9.94. The molecule has 0 bridgehead atoms. The molecule has 88 valence electrons. The molecule has 0 atom stereocenters. The van der Waals surface area contributed by atoms with E-state index in [1.165, 1.54) is 4.90 Å². The Morgan fingerprint density at radius 1 is 1.50 bits per heavy atom. The molecule has 1 amide bonds. The van der Waals surface area contributed by atoms with Gasteiger partial charge in [-0.05, 0) is 6.92 Å². The maximum atomic E-state index is 11.2. The van der Waals surface area contributed by atoms with E-state index >= 15 is 0 Å². The molecule has 1 aromatic heterocycles. The standard InChI is InChI=1S/C9H13N3O4/c1-5-7(9(14)15)10-11-8(5)16-4-6(13)12(2)3/h4H2,1-3H3,(H,10,11)(H,14,15). The van der Waals surface area contributed by atoms with Crippen molar-refractivity contribution < 1.29 is 19.4 Å². The zero-order valence-electron chi connectivity index (χ0n) is 9.27. The van der Waals surface area contributed by atoms with Gasteiger partial charge in [0.25, 0.3) is 5.91 Å². The van der Waals surface area contributed by atoms with E-state index < -0.39 is 5.97 Å². The summed E-state index contributed by atoms with van der Waals surface area (Å²) in [5.74, 6) is -1.20. The third kappa shape index (κ3) is 2.50. The zero-order valence-corrected chi connectivity index (χ0v) is 9.27. The smallest absolute Gasteiger partial charge is 0.354 e. The first-order chi connectivity index (χ1) is 7.43. The van der Waals surface area contributed by atoms with Gasteiger partial charge in [0.2, 0.25) is 5.88 Å². The summed E-state index contributed by atoms with van der Waals surface area (Å²) in [5, 5.41) is 14.7. The Balaban J connectivity index is 2.69. The number of nitrogens with one attached hydrogen (secondary N) is 1. The summed E-state index contributed by atoms with van der Waals surface area (Å²) in [7, 11) is 3.21. The molecule has 2 N–H and O–H groups in total. The number of amides is 1. The van der Waals surface area contributed by atoms with Crippen LogP contribution < -0.4 is 4.74 Å². The molecule has 0 aliphatic rings. The predicted octanol–water partition coefficient (Wildman–Crippen LogP) is -0.117. The van der Waals surface area contributed by atoms with Crippen molar-refractivity contribution in [2.45, 2.75) is 6.92 Å². The first-order valence-electron chi connectivity index (χ1n) is 4.54. The van der Waals surface area contributed by atoms with Gasteiger partial charge in [-0.25, -0.2) is 4.79 Å². The summed E-state index contributed by atoms with van der Waals surface area (Å²) in [6.07, 6.45) is 0. The highest BCUT2D eigenvalue weighted by Crippen LogP contribution is 2.17. The number of ether oxygens (including phenoxy) is 1. The highest BCUT2D eigenvalue weighted by molar-refractivity contribution is 5.87. The molecule has 7 nitrogen and oxygen atoms in total. The van der Waals surface area contributed by atoms with Gasteiger partial charge in [-0.1, -0.05) is 0 Å². The molecule has 0 fully saturated rings. The van der Waals surface area contributed by atoms with E-state index in [1.54, 1.807) is 21.0 Å². The fourth-order valence-corrected chi connectivity index (χ4v) is 0.989. The van der Waals surface area contributed by atoms with Crippen molar-refractivity contribution in [3.05, 3.63) is 11.3 Å². The van der Waals surface area contributed by atoms with E-state index in [1.807, 2.05) is 0 Å². The molecule has 0 aliphatic heterocycles. The summed E-state index contributed by atoms with van der Waals surface area (Å²) in [4.78, 5) is 23.3. The lowest BCUT2D eigenvalue weighted by atomic mass is 10.3. The zero-order chi connectivity index (χ0) is 12.3. The second-order valence-electron chi connectivity index (χ2n) is 3.41. The number of carbonyl (C=O) groups excluding carboxylic acids is 1. The quantitative estimate of drug-likeness (QED) is 0.747. The van der Waals surface area contributed by atoms with Crippen LogP contribution in [-0.4, -0.2) is 52.8 Å². The van der Waals surface area contributed by atoms with Gasteiger partial charge in [-0.2, -0.15) is 0 Å². The molecular formula is C9H13N3O4. The van der Waals surface area contributed by atoms with Crippen molar-refractivity contribution >= 4 is 11.9 Å². The van der Waals surface area contributed by atoms with Crippen LogP contribution in [0.4, 0.5) is 0 Å². The Bertz CT molecular complexity index is 411. The number of nitrogens with zero attached hydrogens (tertiary/aromatic N) is 2. The topological polar surface area (TPSA) is 95.5 Å². The number of carboxylic acids is 1. The molecule has 0 unspecified atom stereocenters. The lowest BCUT2D eigenvalue weighted by molar-refractivity contribution is -0.130. The highest BCUT2D eigenvalue weighted by Gasteiger charge is 2.16. The SMILES string of the molecule is Cc1c(OCC(=O)N(C)C)n[nH]c1C(=O)O. The molecule has 1 heterocycles. The predicted molar refractivity (Wildman–Crippen MR) is 54.5 cm³/mol. The number of H-pyrrole nitrogens is 1. The summed E-state index contributed by atoms with van der Waals surface area (Å²) < 4.78 is 5.09. The molecule has 1 rings (SSSR count). The monoisotopic (exact) mass is 227 g/mol. The maximum absolute atomic E-state index is 11.2. The number of likely N-dealkylation sites (N-methyl/N-ethyl adjacent to an activating group) is 1. The van der Waals surface area contributed by atoms with Gasteiger partial charge >= 0.3 is 5.97 Å². The van der Waals surface area contributed by atoms with E-state index in [-0.39, 0.29) is 24.1 Å². The van der Waals surface area contributed by atoms with Crippen LogP contribution >= 0.6 is 0 Å². The molecule has 0 saturated carbocycles. The Hall–Kier alpha value is -2.05. The van der Waals surface area contributed by atoms with Crippen molar-refractivity contribution in [1.29, 1.82) is 0 Å². The highest BCUT2D eigenvalue weighted by atomic mass is 16.5. The van der Waals surface area contributed by atoms with Crippen molar-refractivity contribution in [2.24, 2.45) is 0 Å². The number of aromatic nitrogens is 2. The van der Waals surface area contributed by atoms with Gasteiger partial charge in [0, 0.05) is 19.7 Å². The molecule has 16 heavy (non-hydrogen) atoms. The van der Waals surface area contributed by atoms with Crippen LogP contribution in [0.25, 0.3) is 0 Å². The Kier molecular flexibility index (Phi) is 3.49. The van der Waals surface area contributed by atoms with Crippen LogP contribution in [0.5, 0.6) is 5.88 Å². The van der Waals surface area contributed by atoms with Crippen molar-refractivity contribution in [2.75, 3.05) is 20.7 Å². The van der Waals surface area contributed by atoms with Crippen LogP contribution in [0, 0.1) is 6.92 Å². The third-order valence-corrected chi connectivity index (χ3v) is 2.01. The van der Waals surface area contributed by atoms with Crippen molar-refractivity contribution in [3.63, 3.8) is 0 Å². The Labute approximate surface area is 92.0 Å². The minimum Gasteiger partial charge on any atom is -0.477 e. The first-order valence-corrected chi connectivity index (χ1v) is 4.54. The molecule has 7 heteroatoms. The van der Waals surface area contributed by atoms with Gasteiger partial charge < -0.3 is 14.7 Å². The number of hydrogen-bond acceptors (Lipinski definition) is 4. The number of aromatic amines is 1. The minimum absolute atomic E-state index is 0.0349. The van der Waals surface area contributed by atoms with Gasteiger partial charge in [-0.15, -0.1) is 5.10 Å². The molecule has 0 aromatic carbocycles. The van der Waals surface area contributed by atoms with Crippen LogP contribution in [0.1, 0.15) is 16.1 Å². The van der Waals surface area contributed by atoms with Gasteiger partial charge in [0.05, 0.1) is 0 Å². The number of hydrogen-bond donors (Lipinski definition) is 2. The van der Waals surface area contributed by atoms with Crippen molar-refractivity contribution in [3.8, 4) is 5.88 Å². The second-order valence-corrected chi connectivity index (χ2v) is 3.41. The van der Waals surface area contributed by atoms with Crippen LogP contribution in [0.3, 0.4) is 0 Å². The lowest BCUT2D eigenvalue weighted by Crippen LogP contribution is -2.27. The Morgan fingerprint density at radius 3 is 2.56 bits per heavy atom. The largest absolute Gasteiger partial charge is 0.477 e. The summed E-state index contributed by atoms with van der Waals surface area (Å²) in [5.41, 5.74) is 0.339. The summed E-state index contributed by atoms with van der Waals surface area (Å²) >= 11 is 0.